The molecule has 0 atom stereocenters. The fraction of sp³-hybridized carbons (Fsp3) is 0.0625. The van der Waals surface area contributed by atoms with E-state index in [4.69, 9.17) is 16.3 Å². The van der Waals surface area contributed by atoms with E-state index in [1.54, 1.807) is 24.3 Å². The average Bonchev–Trinajstić information content (AvgIpc) is 3.02. The largest absolute Gasteiger partial charge is 0.485 e. The molecule has 0 radical (unpaired) electrons. The summed E-state index contributed by atoms with van der Waals surface area (Å²) in [6.07, 6.45) is 0. The molecule has 6 nitrogen and oxygen atoms in total. The van der Waals surface area contributed by atoms with Gasteiger partial charge < -0.3 is 10.1 Å². The van der Waals surface area contributed by atoms with Crippen LogP contribution in [-0.2, 0) is 6.61 Å². The van der Waals surface area contributed by atoms with Gasteiger partial charge in [-0.15, -0.1) is 10.2 Å². The molecule has 0 bridgehead atoms. The Morgan fingerprint density at radius 1 is 1.04 bits per heavy atom. The third-order valence-corrected chi connectivity index (χ3v) is 4.03. The van der Waals surface area contributed by atoms with Crippen LogP contribution in [0.2, 0.25) is 5.02 Å². The van der Waals surface area contributed by atoms with E-state index in [1.165, 1.54) is 11.3 Å². The van der Waals surface area contributed by atoms with Gasteiger partial charge in [0.2, 0.25) is 5.13 Å². The highest BCUT2D eigenvalue weighted by Crippen LogP contribution is 2.25. The molecule has 122 valence electrons. The molecule has 0 aliphatic heterocycles. The second kappa shape index (κ2) is 7.76. The predicted octanol–water partition coefficient (Wildman–Crippen LogP) is 4.41. The number of carbonyl (C=O) groups is 1. The molecule has 0 saturated heterocycles. The Kier molecular flexibility index (Phi) is 5.25. The van der Waals surface area contributed by atoms with Crippen molar-refractivity contribution in [3.05, 3.63) is 64.6 Å². The first kappa shape index (κ1) is 16.2. The first-order valence-corrected chi connectivity index (χ1v) is 8.23. The summed E-state index contributed by atoms with van der Waals surface area (Å²) in [4.78, 5) is 11.9. The van der Waals surface area contributed by atoms with Crippen LogP contribution in [0, 0.1) is 0 Å². The number of para-hydroxylation sites is 2. The highest BCUT2D eigenvalue weighted by molar-refractivity contribution is 7.15. The lowest BCUT2D eigenvalue weighted by molar-refractivity contribution is 0.262. The maximum absolute atomic E-state index is 11.9. The minimum atomic E-state index is -0.379. The van der Waals surface area contributed by atoms with Crippen LogP contribution in [-0.4, -0.2) is 16.2 Å². The van der Waals surface area contributed by atoms with Crippen LogP contribution in [0.15, 0.2) is 54.6 Å². The molecule has 3 aromatic rings. The molecule has 2 N–H and O–H groups in total. The number of urea groups is 1. The molecule has 2 amide bonds. The fourth-order valence-electron chi connectivity index (χ4n) is 1.84. The SMILES string of the molecule is O=C(Nc1ccccc1)Nc1nnc(COc2ccccc2Cl)s1. The van der Waals surface area contributed by atoms with E-state index in [2.05, 4.69) is 20.8 Å². The summed E-state index contributed by atoms with van der Waals surface area (Å²) in [5.41, 5.74) is 0.696. The van der Waals surface area contributed by atoms with Gasteiger partial charge in [0.15, 0.2) is 5.01 Å². The minimum Gasteiger partial charge on any atom is -0.485 e. The molecule has 0 spiro atoms. The van der Waals surface area contributed by atoms with Crippen LogP contribution in [0.4, 0.5) is 15.6 Å². The Morgan fingerprint density at radius 2 is 1.79 bits per heavy atom. The standard InChI is InChI=1S/C16H13ClN4O2S/c17-12-8-4-5-9-13(12)23-10-14-20-21-16(24-14)19-15(22)18-11-6-2-1-3-7-11/h1-9H,10H2,(H2,18,19,21,22). The van der Waals surface area contributed by atoms with Gasteiger partial charge in [-0.3, -0.25) is 5.32 Å². The Hall–Kier alpha value is -2.64. The third-order valence-electron chi connectivity index (χ3n) is 2.91. The number of hydrogen-bond acceptors (Lipinski definition) is 5. The zero-order valence-electron chi connectivity index (χ0n) is 12.4. The lowest BCUT2D eigenvalue weighted by Gasteiger charge is -2.05. The molecule has 24 heavy (non-hydrogen) atoms. The maximum atomic E-state index is 11.9. The summed E-state index contributed by atoms with van der Waals surface area (Å²) in [5.74, 6) is 0.575. The van der Waals surface area contributed by atoms with Crippen LogP contribution >= 0.6 is 22.9 Å². The van der Waals surface area contributed by atoms with Crippen molar-refractivity contribution in [2.45, 2.75) is 6.61 Å². The second-order valence-corrected chi connectivity index (χ2v) is 6.13. The van der Waals surface area contributed by atoms with E-state index >= 15 is 0 Å². The van der Waals surface area contributed by atoms with Gasteiger partial charge in [0.25, 0.3) is 0 Å². The van der Waals surface area contributed by atoms with Crippen LogP contribution in [0.3, 0.4) is 0 Å². The van der Waals surface area contributed by atoms with E-state index in [0.717, 1.165) is 0 Å². The fourth-order valence-corrected chi connectivity index (χ4v) is 2.68. The molecule has 2 aromatic carbocycles. The number of aromatic nitrogens is 2. The number of benzene rings is 2. The van der Waals surface area contributed by atoms with E-state index in [1.807, 2.05) is 30.3 Å². The topological polar surface area (TPSA) is 76.1 Å². The summed E-state index contributed by atoms with van der Waals surface area (Å²) < 4.78 is 5.58. The molecular formula is C16H13ClN4O2S. The summed E-state index contributed by atoms with van der Waals surface area (Å²) in [6, 6.07) is 15.9. The average molecular weight is 361 g/mol. The van der Waals surface area contributed by atoms with E-state index in [9.17, 15) is 4.79 Å². The maximum Gasteiger partial charge on any atom is 0.325 e. The van der Waals surface area contributed by atoms with Crippen LogP contribution in [0.1, 0.15) is 5.01 Å². The van der Waals surface area contributed by atoms with E-state index in [0.29, 0.717) is 26.6 Å². The van der Waals surface area contributed by atoms with Gasteiger partial charge in [-0.1, -0.05) is 53.3 Å². The normalized spacial score (nSPS) is 10.2. The molecule has 0 unspecified atom stereocenters. The number of nitrogens with zero attached hydrogens (tertiary/aromatic N) is 2. The Bertz CT molecular complexity index is 826. The van der Waals surface area contributed by atoms with Gasteiger partial charge in [0, 0.05) is 5.69 Å². The lowest BCUT2D eigenvalue weighted by atomic mass is 10.3. The molecule has 8 heteroatoms. The molecule has 0 saturated carbocycles. The van der Waals surface area contributed by atoms with Gasteiger partial charge in [-0.25, -0.2) is 4.79 Å². The Balaban J connectivity index is 1.54. The second-order valence-electron chi connectivity index (χ2n) is 4.67. The van der Waals surface area contributed by atoms with Crippen molar-refractivity contribution in [3.8, 4) is 5.75 Å². The van der Waals surface area contributed by atoms with Gasteiger partial charge in [0.1, 0.15) is 12.4 Å². The van der Waals surface area contributed by atoms with Gasteiger partial charge >= 0.3 is 6.03 Å². The summed E-state index contributed by atoms with van der Waals surface area (Å²) in [5, 5.41) is 14.8. The van der Waals surface area contributed by atoms with E-state index < -0.39 is 0 Å². The lowest BCUT2D eigenvalue weighted by Crippen LogP contribution is -2.19. The van der Waals surface area contributed by atoms with Crippen molar-refractivity contribution in [3.63, 3.8) is 0 Å². The smallest absolute Gasteiger partial charge is 0.325 e. The molecule has 0 fully saturated rings. The number of ether oxygens (including phenoxy) is 1. The molecule has 1 aromatic heterocycles. The number of anilines is 2. The predicted molar refractivity (Wildman–Crippen MR) is 94.8 cm³/mol. The molecule has 0 aliphatic carbocycles. The summed E-state index contributed by atoms with van der Waals surface area (Å²) in [6.45, 7) is 0.226. The number of hydrogen-bond donors (Lipinski definition) is 2. The van der Waals surface area contributed by atoms with Gasteiger partial charge in [-0.2, -0.15) is 0 Å². The van der Waals surface area contributed by atoms with Crippen LogP contribution < -0.4 is 15.4 Å². The van der Waals surface area contributed by atoms with Gasteiger partial charge in [-0.05, 0) is 24.3 Å². The number of rotatable bonds is 5. The van der Waals surface area contributed by atoms with Crippen molar-refractivity contribution < 1.29 is 9.53 Å². The zero-order valence-corrected chi connectivity index (χ0v) is 14.0. The van der Waals surface area contributed by atoms with E-state index in [-0.39, 0.29) is 12.6 Å². The number of halogens is 1. The molecule has 3 rings (SSSR count). The van der Waals surface area contributed by atoms with Crippen molar-refractivity contribution in [2.24, 2.45) is 0 Å². The number of nitrogens with one attached hydrogen (secondary N) is 2. The van der Waals surface area contributed by atoms with Crippen molar-refractivity contribution in [2.75, 3.05) is 10.6 Å². The summed E-state index contributed by atoms with van der Waals surface area (Å²) in [7, 11) is 0. The van der Waals surface area contributed by atoms with Crippen molar-refractivity contribution in [1.29, 1.82) is 0 Å². The monoisotopic (exact) mass is 360 g/mol. The number of amides is 2. The van der Waals surface area contributed by atoms with Gasteiger partial charge in [0.05, 0.1) is 5.02 Å². The molecule has 0 aliphatic rings. The van der Waals surface area contributed by atoms with Crippen LogP contribution in [0.5, 0.6) is 5.75 Å². The molecular weight excluding hydrogens is 348 g/mol. The highest BCUT2D eigenvalue weighted by Gasteiger charge is 2.09. The first-order chi connectivity index (χ1) is 11.7. The van der Waals surface area contributed by atoms with Crippen molar-refractivity contribution >= 4 is 39.8 Å². The third kappa shape index (κ3) is 4.43. The highest BCUT2D eigenvalue weighted by atomic mass is 35.5. The minimum absolute atomic E-state index is 0.226. The first-order valence-electron chi connectivity index (χ1n) is 7.03. The summed E-state index contributed by atoms with van der Waals surface area (Å²) >= 11 is 7.25. The number of carbonyl (C=O) groups excluding carboxylic acids is 1. The quantitative estimate of drug-likeness (QED) is 0.706. The zero-order chi connectivity index (χ0) is 16.8. The Morgan fingerprint density at radius 3 is 2.58 bits per heavy atom. The van der Waals surface area contributed by atoms with Crippen molar-refractivity contribution in [1.82, 2.24) is 10.2 Å². The van der Waals surface area contributed by atoms with Crippen LogP contribution in [0.25, 0.3) is 0 Å². The Labute approximate surface area is 147 Å². The molecule has 1 heterocycles.